The molecule has 5 nitrogen and oxygen atoms in total. The SMILES string of the molecule is CCCCS(=O)(=O)C12CC1[C@]21CCOC[C@@H]1COc1ccc(C(C)=O)c(F)c1. The van der Waals surface area contributed by atoms with Gasteiger partial charge < -0.3 is 9.47 Å². The molecule has 2 aliphatic carbocycles. The smallest absolute Gasteiger partial charge is 0.162 e. The van der Waals surface area contributed by atoms with Gasteiger partial charge in [-0.2, -0.15) is 0 Å². The van der Waals surface area contributed by atoms with Crippen LogP contribution in [0, 0.1) is 23.1 Å². The molecule has 4 atom stereocenters. The highest BCUT2D eigenvalue weighted by atomic mass is 32.2. The number of ether oxygens (including phenoxy) is 2. The molecule has 1 aromatic carbocycles. The van der Waals surface area contributed by atoms with Crippen molar-refractivity contribution in [2.24, 2.45) is 17.3 Å². The number of Topliss-reactive ketones (excluding diaryl/α,β-unsaturated/α-hetero) is 1. The molecule has 28 heavy (non-hydrogen) atoms. The minimum Gasteiger partial charge on any atom is -0.493 e. The number of fused-ring (bicyclic) bond motifs is 3. The van der Waals surface area contributed by atoms with Crippen LogP contribution in [0.1, 0.15) is 49.9 Å². The Labute approximate surface area is 165 Å². The fourth-order valence-electron chi connectivity index (χ4n) is 5.42. The standard InChI is InChI=1S/C21H27FO5S/c1-3-4-9-28(24,25)21-11-19(21)20(21)7-8-26-12-15(20)13-27-16-5-6-17(14(2)23)18(22)10-16/h5-6,10,15,19H,3-4,7-9,11-13H2,1-2H3/t15-,19?,20-,21?/m1/s1. The monoisotopic (exact) mass is 410 g/mol. The fraction of sp³-hybridized carbons (Fsp3) is 0.667. The Morgan fingerprint density at radius 3 is 2.82 bits per heavy atom. The lowest BCUT2D eigenvalue weighted by Crippen LogP contribution is -2.44. The van der Waals surface area contributed by atoms with Crippen molar-refractivity contribution in [1.29, 1.82) is 0 Å². The summed E-state index contributed by atoms with van der Waals surface area (Å²) in [5.74, 6) is -0.134. The maximum Gasteiger partial charge on any atom is 0.162 e. The maximum atomic E-state index is 14.0. The molecule has 154 valence electrons. The molecule has 0 aromatic heterocycles. The summed E-state index contributed by atoms with van der Waals surface area (Å²) in [5.41, 5.74) is -0.204. The molecule has 1 saturated heterocycles. The molecule has 1 spiro atoms. The van der Waals surface area contributed by atoms with Crippen LogP contribution in [0.5, 0.6) is 5.75 Å². The van der Waals surface area contributed by atoms with Gasteiger partial charge in [0.2, 0.25) is 0 Å². The minimum atomic E-state index is -3.13. The van der Waals surface area contributed by atoms with Crippen LogP contribution in [0.2, 0.25) is 0 Å². The highest BCUT2D eigenvalue weighted by Gasteiger charge is 2.95. The topological polar surface area (TPSA) is 69.7 Å². The summed E-state index contributed by atoms with van der Waals surface area (Å²) in [6.45, 7) is 4.66. The summed E-state index contributed by atoms with van der Waals surface area (Å²) in [5, 5.41) is 0. The van der Waals surface area contributed by atoms with Crippen LogP contribution in [0.4, 0.5) is 4.39 Å². The average Bonchev–Trinajstić information content (AvgIpc) is 3.54. The zero-order valence-electron chi connectivity index (χ0n) is 16.4. The van der Waals surface area contributed by atoms with Crippen molar-refractivity contribution in [3.05, 3.63) is 29.6 Å². The van der Waals surface area contributed by atoms with E-state index in [9.17, 15) is 17.6 Å². The van der Waals surface area contributed by atoms with E-state index in [0.717, 1.165) is 19.3 Å². The Morgan fingerprint density at radius 1 is 1.39 bits per heavy atom. The molecule has 3 fully saturated rings. The zero-order chi connectivity index (χ0) is 20.2. The summed E-state index contributed by atoms with van der Waals surface area (Å²) in [7, 11) is -3.13. The molecule has 0 amide bonds. The quantitative estimate of drug-likeness (QED) is 0.614. The molecule has 2 saturated carbocycles. The van der Waals surface area contributed by atoms with E-state index in [0.29, 0.717) is 32.0 Å². The molecule has 0 N–H and O–H groups in total. The minimum absolute atomic E-state index is 0.0213. The van der Waals surface area contributed by atoms with E-state index in [1.807, 2.05) is 6.92 Å². The molecular weight excluding hydrogens is 383 g/mol. The van der Waals surface area contributed by atoms with Gasteiger partial charge in [0.25, 0.3) is 0 Å². The molecule has 4 rings (SSSR count). The number of carbonyl (C=O) groups is 1. The average molecular weight is 411 g/mol. The number of unbranched alkanes of at least 4 members (excludes halogenated alkanes) is 1. The van der Waals surface area contributed by atoms with Crippen molar-refractivity contribution in [1.82, 2.24) is 0 Å². The lowest BCUT2D eigenvalue weighted by Gasteiger charge is -2.38. The third kappa shape index (κ3) is 2.73. The van der Waals surface area contributed by atoms with Crippen molar-refractivity contribution in [2.75, 3.05) is 25.6 Å². The predicted octanol–water partition coefficient (Wildman–Crippen LogP) is 3.42. The summed E-state index contributed by atoms with van der Waals surface area (Å²) >= 11 is 0. The second kappa shape index (κ2) is 6.80. The van der Waals surface area contributed by atoms with Gasteiger partial charge >= 0.3 is 0 Å². The fourth-order valence-corrected chi connectivity index (χ4v) is 8.45. The Bertz CT molecular complexity index is 898. The van der Waals surface area contributed by atoms with Crippen LogP contribution in [-0.4, -0.2) is 44.5 Å². The summed E-state index contributed by atoms with van der Waals surface area (Å²) in [4.78, 5) is 11.4. The van der Waals surface area contributed by atoms with Gasteiger partial charge in [-0.1, -0.05) is 13.3 Å². The van der Waals surface area contributed by atoms with Gasteiger partial charge in [-0.25, -0.2) is 12.8 Å². The van der Waals surface area contributed by atoms with Crippen LogP contribution >= 0.6 is 0 Å². The Hall–Kier alpha value is -1.47. The van der Waals surface area contributed by atoms with E-state index in [-0.39, 0.29) is 34.4 Å². The largest absolute Gasteiger partial charge is 0.493 e. The zero-order valence-corrected chi connectivity index (χ0v) is 17.2. The molecule has 0 radical (unpaired) electrons. The molecule has 1 aliphatic heterocycles. The lowest BCUT2D eigenvalue weighted by molar-refractivity contribution is -0.0330. The Kier molecular flexibility index (Phi) is 4.82. The first kappa shape index (κ1) is 19.8. The van der Waals surface area contributed by atoms with Gasteiger partial charge in [0.15, 0.2) is 15.6 Å². The molecular formula is C21H27FO5S. The third-order valence-corrected chi connectivity index (χ3v) is 9.80. The van der Waals surface area contributed by atoms with Gasteiger partial charge in [0.05, 0.1) is 29.3 Å². The van der Waals surface area contributed by atoms with E-state index >= 15 is 0 Å². The van der Waals surface area contributed by atoms with Gasteiger partial charge in [-0.15, -0.1) is 0 Å². The van der Waals surface area contributed by atoms with Crippen LogP contribution in [0.15, 0.2) is 18.2 Å². The second-order valence-electron chi connectivity index (χ2n) is 8.39. The first-order valence-electron chi connectivity index (χ1n) is 10.0. The van der Waals surface area contributed by atoms with E-state index in [1.165, 1.54) is 19.1 Å². The number of sulfone groups is 1. The highest BCUT2D eigenvalue weighted by Crippen LogP contribution is 2.88. The number of benzene rings is 1. The molecule has 2 unspecified atom stereocenters. The van der Waals surface area contributed by atoms with Crippen LogP contribution in [0.25, 0.3) is 0 Å². The number of carbonyl (C=O) groups excluding carboxylic acids is 1. The van der Waals surface area contributed by atoms with Crippen LogP contribution < -0.4 is 4.74 Å². The first-order valence-corrected chi connectivity index (χ1v) is 11.7. The van der Waals surface area contributed by atoms with Crippen molar-refractivity contribution in [3.63, 3.8) is 0 Å². The highest BCUT2D eigenvalue weighted by molar-refractivity contribution is 7.93. The van der Waals surface area contributed by atoms with E-state index in [1.54, 1.807) is 6.07 Å². The molecule has 1 aromatic rings. The Morgan fingerprint density at radius 2 is 2.18 bits per heavy atom. The Balaban J connectivity index is 1.48. The second-order valence-corrected chi connectivity index (χ2v) is 10.8. The summed E-state index contributed by atoms with van der Waals surface area (Å²) in [6, 6.07) is 4.22. The number of rotatable bonds is 8. The number of halogens is 1. The van der Waals surface area contributed by atoms with Crippen molar-refractivity contribution < 1.29 is 27.1 Å². The molecule has 0 bridgehead atoms. The van der Waals surface area contributed by atoms with E-state index in [2.05, 4.69) is 0 Å². The van der Waals surface area contributed by atoms with Crippen molar-refractivity contribution in [2.45, 2.75) is 44.3 Å². The normalized spacial score (nSPS) is 33.4. The van der Waals surface area contributed by atoms with Crippen molar-refractivity contribution >= 4 is 15.6 Å². The van der Waals surface area contributed by atoms with Crippen LogP contribution in [0.3, 0.4) is 0 Å². The van der Waals surface area contributed by atoms with Gasteiger partial charge in [0.1, 0.15) is 11.6 Å². The van der Waals surface area contributed by atoms with Gasteiger partial charge in [-0.05, 0) is 44.2 Å². The van der Waals surface area contributed by atoms with Gasteiger partial charge in [0, 0.05) is 24.0 Å². The number of hydrogen-bond acceptors (Lipinski definition) is 5. The van der Waals surface area contributed by atoms with Gasteiger partial charge in [-0.3, -0.25) is 4.79 Å². The van der Waals surface area contributed by atoms with E-state index < -0.39 is 20.4 Å². The van der Waals surface area contributed by atoms with Crippen LogP contribution in [-0.2, 0) is 14.6 Å². The molecule has 3 aliphatic rings. The number of ketones is 1. The summed E-state index contributed by atoms with van der Waals surface area (Å²) in [6.07, 6.45) is 3.07. The summed E-state index contributed by atoms with van der Waals surface area (Å²) < 4.78 is 50.9. The lowest BCUT2D eigenvalue weighted by atomic mass is 9.77. The maximum absolute atomic E-state index is 14.0. The van der Waals surface area contributed by atoms with Crippen molar-refractivity contribution in [3.8, 4) is 5.75 Å². The van der Waals surface area contributed by atoms with E-state index in [4.69, 9.17) is 9.47 Å². The predicted molar refractivity (Wildman–Crippen MR) is 103 cm³/mol. The third-order valence-electron chi connectivity index (χ3n) is 7.04. The first-order chi connectivity index (χ1) is 13.3. The number of hydrogen-bond donors (Lipinski definition) is 0. The molecule has 7 heteroatoms. The molecule has 1 heterocycles.